The van der Waals surface area contributed by atoms with Crippen molar-refractivity contribution in [1.29, 1.82) is 0 Å². The SMILES string of the molecule is CSCCC(NC(=O)C(CC(C)C)NC(=O)C1CCCN1C(=O)C(N)CC(C)C)C(=O)O. The van der Waals surface area contributed by atoms with E-state index in [0.29, 0.717) is 44.4 Å². The average Bonchev–Trinajstić information content (AvgIpc) is 3.18. The summed E-state index contributed by atoms with van der Waals surface area (Å²) in [6, 6.07) is -3.22. The topological polar surface area (TPSA) is 142 Å². The second-order valence-corrected chi connectivity index (χ2v) is 10.3. The van der Waals surface area contributed by atoms with Gasteiger partial charge in [-0.3, -0.25) is 14.4 Å². The van der Waals surface area contributed by atoms with Gasteiger partial charge < -0.3 is 26.4 Å². The number of aliphatic carboxylic acids is 1. The fraction of sp³-hybridized carbons (Fsp3) is 0.818. The maximum atomic E-state index is 13.0. The van der Waals surface area contributed by atoms with Crippen LogP contribution in [0.25, 0.3) is 0 Å². The lowest BCUT2D eigenvalue weighted by atomic mass is 10.0. The van der Waals surface area contributed by atoms with Crippen LogP contribution >= 0.6 is 11.8 Å². The van der Waals surface area contributed by atoms with Gasteiger partial charge in [0.25, 0.3) is 0 Å². The molecule has 10 heteroatoms. The van der Waals surface area contributed by atoms with E-state index in [1.807, 2.05) is 34.0 Å². The highest BCUT2D eigenvalue weighted by molar-refractivity contribution is 7.98. The number of hydrogen-bond donors (Lipinski definition) is 4. The summed E-state index contributed by atoms with van der Waals surface area (Å²) in [4.78, 5) is 51.7. The average molecular weight is 473 g/mol. The number of thioether (sulfide) groups is 1. The highest BCUT2D eigenvalue weighted by atomic mass is 32.2. The summed E-state index contributed by atoms with van der Waals surface area (Å²) in [5.74, 6) is -1.32. The van der Waals surface area contributed by atoms with Crippen molar-refractivity contribution in [3.05, 3.63) is 0 Å². The zero-order chi connectivity index (χ0) is 24.4. The summed E-state index contributed by atoms with van der Waals surface area (Å²) < 4.78 is 0. The molecule has 1 aliphatic heterocycles. The molecule has 9 nitrogen and oxygen atoms in total. The van der Waals surface area contributed by atoms with Crippen LogP contribution in [0.2, 0.25) is 0 Å². The Hall–Kier alpha value is -1.81. The van der Waals surface area contributed by atoms with Gasteiger partial charge in [-0.2, -0.15) is 11.8 Å². The second-order valence-electron chi connectivity index (χ2n) is 9.30. The fourth-order valence-corrected chi connectivity index (χ4v) is 4.33. The van der Waals surface area contributed by atoms with E-state index in [0.717, 1.165) is 0 Å². The highest BCUT2D eigenvalue weighted by Gasteiger charge is 2.38. The minimum Gasteiger partial charge on any atom is -0.480 e. The third-order valence-corrected chi connectivity index (χ3v) is 6.09. The number of carbonyl (C=O) groups excluding carboxylic acids is 3. The molecule has 0 aliphatic carbocycles. The van der Waals surface area contributed by atoms with Gasteiger partial charge >= 0.3 is 5.97 Å². The number of rotatable bonds is 13. The largest absolute Gasteiger partial charge is 0.480 e. The predicted octanol–water partition coefficient (Wildman–Crippen LogP) is 1.20. The molecule has 3 amide bonds. The van der Waals surface area contributed by atoms with Gasteiger partial charge in [-0.15, -0.1) is 0 Å². The van der Waals surface area contributed by atoms with Crippen LogP contribution in [0.3, 0.4) is 0 Å². The molecule has 0 aromatic heterocycles. The number of carbonyl (C=O) groups is 4. The van der Waals surface area contributed by atoms with Crippen LogP contribution in [-0.2, 0) is 19.2 Å². The van der Waals surface area contributed by atoms with E-state index < -0.39 is 42.0 Å². The van der Waals surface area contributed by atoms with Crippen LogP contribution in [0.1, 0.15) is 59.8 Å². The van der Waals surface area contributed by atoms with Crippen molar-refractivity contribution >= 4 is 35.5 Å². The molecular formula is C22H40N4O5S. The zero-order valence-corrected chi connectivity index (χ0v) is 20.7. The van der Waals surface area contributed by atoms with E-state index in [1.165, 1.54) is 16.7 Å². The first-order valence-electron chi connectivity index (χ1n) is 11.4. The van der Waals surface area contributed by atoms with E-state index in [-0.39, 0.29) is 17.7 Å². The lowest BCUT2D eigenvalue weighted by Crippen LogP contribution is -2.57. The van der Waals surface area contributed by atoms with Crippen LogP contribution in [0.4, 0.5) is 0 Å². The van der Waals surface area contributed by atoms with Gasteiger partial charge in [0.05, 0.1) is 6.04 Å². The Morgan fingerprint density at radius 1 is 1.06 bits per heavy atom. The van der Waals surface area contributed by atoms with Gasteiger partial charge in [0.2, 0.25) is 17.7 Å². The Morgan fingerprint density at radius 3 is 2.22 bits per heavy atom. The van der Waals surface area contributed by atoms with Crippen molar-refractivity contribution in [2.45, 2.75) is 84.0 Å². The summed E-state index contributed by atoms with van der Waals surface area (Å²) in [6.45, 7) is 8.27. The Kier molecular flexibility index (Phi) is 12.1. The van der Waals surface area contributed by atoms with Gasteiger partial charge in [-0.25, -0.2) is 4.79 Å². The molecule has 1 fully saturated rings. The smallest absolute Gasteiger partial charge is 0.326 e. The summed E-state index contributed by atoms with van der Waals surface area (Å²) in [5.41, 5.74) is 6.05. The number of nitrogens with zero attached hydrogens (tertiary/aromatic N) is 1. The molecule has 0 aromatic carbocycles. The van der Waals surface area contributed by atoms with Crippen molar-refractivity contribution in [3.63, 3.8) is 0 Å². The number of likely N-dealkylation sites (tertiary alicyclic amines) is 1. The molecular weight excluding hydrogens is 432 g/mol. The zero-order valence-electron chi connectivity index (χ0n) is 19.9. The molecule has 1 aliphatic rings. The van der Waals surface area contributed by atoms with Crippen LogP contribution in [0.15, 0.2) is 0 Å². The molecule has 184 valence electrons. The number of nitrogens with one attached hydrogen (secondary N) is 2. The number of amides is 3. The number of hydrogen-bond acceptors (Lipinski definition) is 6. The lowest BCUT2D eigenvalue weighted by molar-refractivity contribution is -0.143. The monoisotopic (exact) mass is 472 g/mol. The normalized spacial score (nSPS) is 19.0. The molecule has 0 spiro atoms. The molecule has 32 heavy (non-hydrogen) atoms. The van der Waals surface area contributed by atoms with E-state index in [4.69, 9.17) is 5.73 Å². The Bertz CT molecular complexity index is 658. The van der Waals surface area contributed by atoms with Crippen molar-refractivity contribution in [2.24, 2.45) is 17.6 Å². The molecule has 0 saturated carbocycles. The third-order valence-electron chi connectivity index (χ3n) is 5.45. The summed E-state index contributed by atoms with van der Waals surface area (Å²) in [5, 5.41) is 14.7. The van der Waals surface area contributed by atoms with Gasteiger partial charge in [-0.1, -0.05) is 27.7 Å². The van der Waals surface area contributed by atoms with Crippen LogP contribution in [0, 0.1) is 11.8 Å². The van der Waals surface area contributed by atoms with E-state index in [1.54, 1.807) is 0 Å². The van der Waals surface area contributed by atoms with Gasteiger partial charge in [0.15, 0.2) is 0 Å². The number of carboxylic acid groups (broad SMARTS) is 1. The summed E-state index contributed by atoms with van der Waals surface area (Å²) in [6.07, 6.45) is 4.25. The maximum Gasteiger partial charge on any atom is 0.326 e. The Labute approximate surface area is 195 Å². The lowest BCUT2D eigenvalue weighted by Gasteiger charge is -2.29. The highest BCUT2D eigenvalue weighted by Crippen LogP contribution is 2.20. The first-order valence-corrected chi connectivity index (χ1v) is 12.8. The first kappa shape index (κ1) is 28.2. The Morgan fingerprint density at radius 2 is 1.69 bits per heavy atom. The quantitative estimate of drug-likeness (QED) is 0.315. The molecule has 4 atom stereocenters. The molecule has 1 heterocycles. The second kappa shape index (κ2) is 13.7. The van der Waals surface area contributed by atoms with Gasteiger partial charge in [0, 0.05) is 6.54 Å². The molecule has 0 bridgehead atoms. The third kappa shape index (κ3) is 8.97. The number of carboxylic acids is 1. The van der Waals surface area contributed by atoms with E-state index in [2.05, 4.69) is 10.6 Å². The summed E-state index contributed by atoms with van der Waals surface area (Å²) in [7, 11) is 0. The Balaban J connectivity index is 2.88. The van der Waals surface area contributed by atoms with Crippen molar-refractivity contribution in [3.8, 4) is 0 Å². The molecule has 5 N–H and O–H groups in total. The molecule has 0 aromatic rings. The minimum atomic E-state index is -1.10. The minimum absolute atomic E-state index is 0.0984. The maximum absolute atomic E-state index is 13.0. The van der Waals surface area contributed by atoms with E-state index >= 15 is 0 Å². The van der Waals surface area contributed by atoms with Crippen molar-refractivity contribution < 1.29 is 24.3 Å². The number of nitrogens with two attached hydrogens (primary N) is 1. The summed E-state index contributed by atoms with van der Waals surface area (Å²) >= 11 is 1.50. The van der Waals surface area contributed by atoms with Crippen LogP contribution in [-0.4, -0.2) is 76.4 Å². The fourth-order valence-electron chi connectivity index (χ4n) is 3.86. The molecule has 1 saturated heterocycles. The van der Waals surface area contributed by atoms with Crippen molar-refractivity contribution in [1.82, 2.24) is 15.5 Å². The predicted molar refractivity (Wildman–Crippen MR) is 126 cm³/mol. The van der Waals surface area contributed by atoms with Crippen LogP contribution in [0.5, 0.6) is 0 Å². The van der Waals surface area contributed by atoms with Gasteiger partial charge in [0.1, 0.15) is 18.1 Å². The molecule has 4 unspecified atom stereocenters. The van der Waals surface area contributed by atoms with Crippen molar-refractivity contribution in [2.75, 3.05) is 18.6 Å². The molecule has 0 radical (unpaired) electrons. The molecule has 1 rings (SSSR count). The standard InChI is InChI=1S/C22H40N4O5S/c1-13(2)11-15(23)21(29)26-9-6-7-18(26)20(28)25-17(12-14(3)4)19(27)24-16(22(30)31)8-10-32-5/h13-18H,6-12,23H2,1-5H3,(H,24,27)(H,25,28)(H,30,31). The van der Waals surface area contributed by atoms with Gasteiger partial charge in [-0.05, 0) is 55.9 Å². The van der Waals surface area contributed by atoms with Crippen LogP contribution < -0.4 is 16.4 Å². The first-order chi connectivity index (χ1) is 15.0. The van der Waals surface area contributed by atoms with E-state index in [9.17, 15) is 24.3 Å².